The van der Waals surface area contributed by atoms with Gasteiger partial charge in [0.1, 0.15) is 5.82 Å². The Hall–Kier alpha value is -2.81. The summed E-state index contributed by atoms with van der Waals surface area (Å²) in [5.74, 6) is -1.82. The van der Waals surface area contributed by atoms with E-state index >= 15 is 0 Å². The van der Waals surface area contributed by atoms with E-state index < -0.39 is 22.6 Å². The summed E-state index contributed by atoms with van der Waals surface area (Å²) in [6.45, 7) is 0.796. The van der Waals surface area contributed by atoms with Crippen LogP contribution in [0.25, 0.3) is 0 Å². The summed E-state index contributed by atoms with van der Waals surface area (Å²) in [5.41, 5.74) is -0.536. The van der Waals surface area contributed by atoms with E-state index in [1.165, 1.54) is 11.3 Å². The number of non-ortho nitro benzene ring substituents is 1. The topological polar surface area (TPSA) is 92.5 Å². The summed E-state index contributed by atoms with van der Waals surface area (Å²) in [5, 5.41) is 15.0. The van der Waals surface area contributed by atoms with Crippen LogP contribution in [0.4, 0.5) is 15.8 Å². The highest BCUT2D eigenvalue weighted by atomic mass is 32.1. The van der Waals surface area contributed by atoms with Crippen LogP contribution in [0.1, 0.15) is 22.5 Å². The first-order valence-electron chi connectivity index (χ1n) is 8.03. The molecule has 0 bridgehead atoms. The first kappa shape index (κ1) is 18.0. The monoisotopic (exact) mass is 377 g/mol. The molecule has 2 amide bonds. The number of likely N-dealkylation sites (tertiary alicyclic amines) is 1. The molecule has 0 aliphatic carbocycles. The Bertz CT molecular complexity index is 841. The van der Waals surface area contributed by atoms with Gasteiger partial charge in [-0.05, 0) is 30.4 Å². The van der Waals surface area contributed by atoms with Crippen molar-refractivity contribution in [2.45, 2.75) is 12.8 Å². The third-order valence-electron chi connectivity index (χ3n) is 4.23. The first-order chi connectivity index (χ1) is 12.5. The number of hydrogen-bond donors (Lipinski definition) is 1. The summed E-state index contributed by atoms with van der Waals surface area (Å²) in [6, 6.07) is 6.49. The predicted octanol–water partition coefficient (Wildman–Crippen LogP) is 3.29. The van der Waals surface area contributed by atoms with Crippen LogP contribution in [0.5, 0.6) is 0 Å². The van der Waals surface area contributed by atoms with E-state index in [4.69, 9.17) is 0 Å². The highest BCUT2D eigenvalue weighted by Gasteiger charge is 2.30. The summed E-state index contributed by atoms with van der Waals surface area (Å²) >= 11 is 1.34. The van der Waals surface area contributed by atoms with Crippen molar-refractivity contribution >= 4 is 34.5 Å². The molecule has 0 spiro atoms. The van der Waals surface area contributed by atoms with E-state index in [0.29, 0.717) is 24.3 Å². The van der Waals surface area contributed by atoms with Crippen LogP contribution < -0.4 is 5.32 Å². The molecule has 1 atom stereocenters. The molecule has 1 aliphatic rings. The minimum atomic E-state index is -0.744. The second-order valence-corrected chi connectivity index (χ2v) is 6.93. The smallest absolute Gasteiger partial charge is 0.271 e. The average Bonchev–Trinajstić information content (AvgIpc) is 3.17. The number of nitro benzene ring substituents is 1. The largest absolute Gasteiger partial charge is 0.337 e. The molecule has 1 fully saturated rings. The van der Waals surface area contributed by atoms with Gasteiger partial charge in [0.05, 0.1) is 21.4 Å². The Morgan fingerprint density at radius 2 is 2.15 bits per heavy atom. The van der Waals surface area contributed by atoms with Crippen molar-refractivity contribution < 1.29 is 18.9 Å². The molecular formula is C17H16FN3O4S. The van der Waals surface area contributed by atoms with Crippen LogP contribution in [0.2, 0.25) is 0 Å². The second-order valence-electron chi connectivity index (χ2n) is 5.98. The van der Waals surface area contributed by atoms with Crippen LogP contribution in [0, 0.1) is 21.8 Å². The predicted molar refractivity (Wildman–Crippen MR) is 94.6 cm³/mol. The molecule has 1 unspecified atom stereocenters. The molecule has 0 radical (unpaired) electrons. The van der Waals surface area contributed by atoms with Crippen LogP contribution >= 0.6 is 11.3 Å². The summed E-state index contributed by atoms with van der Waals surface area (Å²) in [6.07, 6.45) is 1.23. The highest BCUT2D eigenvalue weighted by molar-refractivity contribution is 7.12. The van der Waals surface area contributed by atoms with Gasteiger partial charge in [-0.25, -0.2) is 4.39 Å². The van der Waals surface area contributed by atoms with Gasteiger partial charge in [0.2, 0.25) is 5.91 Å². The molecule has 2 heterocycles. The number of anilines is 1. The molecule has 2 aromatic rings. The van der Waals surface area contributed by atoms with Crippen molar-refractivity contribution in [3.8, 4) is 0 Å². The molecule has 9 heteroatoms. The first-order valence-corrected chi connectivity index (χ1v) is 8.91. The number of nitro groups is 1. The number of nitrogens with one attached hydrogen (secondary N) is 1. The Labute approximate surface area is 152 Å². The van der Waals surface area contributed by atoms with Crippen molar-refractivity contribution in [3.05, 3.63) is 56.5 Å². The van der Waals surface area contributed by atoms with Gasteiger partial charge in [-0.15, -0.1) is 11.3 Å². The summed E-state index contributed by atoms with van der Waals surface area (Å²) in [7, 11) is 0. The van der Waals surface area contributed by atoms with Crippen molar-refractivity contribution in [1.29, 1.82) is 0 Å². The molecule has 7 nitrogen and oxygen atoms in total. The van der Waals surface area contributed by atoms with E-state index in [0.717, 1.165) is 18.2 Å². The quantitative estimate of drug-likeness (QED) is 0.654. The maximum atomic E-state index is 13.9. The van der Waals surface area contributed by atoms with E-state index in [2.05, 4.69) is 5.32 Å². The Balaban J connectivity index is 1.69. The Kier molecular flexibility index (Phi) is 5.27. The molecular weight excluding hydrogens is 361 g/mol. The lowest BCUT2D eigenvalue weighted by Crippen LogP contribution is -2.43. The third kappa shape index (κ3) is 3.88. The normalized spacial score (nSPS) is 17.0. The number of benzene rings is 1. The maximum absolute atomic E-state index is 13.9. The molecule has 136 valence electrons. The molecule has 26 heavy (non-hydrogen) atoms. The fourth-order valence-electron chi connectivity index (χ4n) is 2.89. The summed E-state index contributed by atoms with van der Waals surface area (Å²) in [4.78, 5) is 37.3. The van der Waals surface area contributed by atoms with E-state index in [1.807, 2.05) is 5.38 Å². The lowest BCUT2D eigenvalue weighted by atomic mass is 9.96. The number of hydrogen-bond acceptors (Lipinski definition) is 5. The number of thiophene rings is 1. The van der Waals surface area contributed by atoms with Gasteiger partial charge in [-0.1, -0.05) is 6.07 Å². The molecule has 1 aliphatic heterocycles. The Morgan fingerprint density at radius 1 is 1.35 bits per heavy atom. The van der Waals surface area contributed by atoms with Crippen LogP contribution in [0.3, 0.4) is 0 Å². The average molecular weight is 377 g/mol. The number of halogens is 1. The zero-order valence-electron chi connectivity index (χ0n) is 13.7. The van der Waals surface area contributed by atoms with Gasteiger partial charge < -0.3 is 10.2 Å². The van der Waals surface area contributed by atoms with E-state index in [-0.39, 0.29) is 23.8 Å². The van der Waals surface area contributed by atoms with Gasteiger partial charge in [0, 0.05) is 25.2 Å². The van der Waals surface area contributed by atoms with Crippen LogP contribution in [-0.2, 0) is 4.79 Å². The zero-order valence-corrected chi connectivity index (χ0v) is 14.5. The SMILES string of the molecule is O=C(Nc1cc([N+](=O)[O-])ccc1F)C1CCCN(C(=O)c2cccs2)C1. The number of rotatable bonds is 4. The van der Waals surface area contributed by atoms with Crippen molar-refractivity contribution in [1.82, 2.24) is 4.90 Å². The standard InChI is InChI=1S/C17H16FN3O4S/c18-13-6-5-12(21(24)25)9-14(13)19-16(22)11-3-1-7-20(10-11)17(23)15-4-2-8-26-15/h2,4-6,8-9,11H,1,3,7,10H2,(H,19,22). The zero-order chi connectivity index (χ0) is 18.7. The fourth-order valence-corrected chi connectivity index (χ4v) is 3.58. The minimum absolute atomic E-state index is 0.126. The number of carbonyl (C=O) groups excluding carboxylic acids is 2. The van der Waals surface area contributed by atoms with Crippen LogP contribution in [0.15, 0.2) is 35.7 Å². The summed E-state index contributed by atoms with van der Waals surface area (Å²) < 4.78 is 13.9. The molecule has 0 saturated carbocycles. The lowest BCUT2D eigenvalue weighted by Gasteiger charge is -2.31. The van der Waals surface area contributed by atoms with Crippen molar-refractivity contribution in [2.24, 2.45) is 5.92 Å². The number of carbonyl (C=O) groups is 2. The molecule has 1 aromatic heterocycles. The van der Waals surface area contributed by atoms with Crippen molar-refractivity contribution in [3.63, 3.8) is 0 Å². The van der Waals surface area contributed by atoms with Gasteiger partial charge in [-0.3, -0.25) is 19.7 Å². The Morgan fingerprint density at radius 3 is 2.85 bits per heavy atom. The lowest BCUT2D eigenvalue weighted by molar-refractivity contribution is -0.384. The van der Waals surface area contributed by atoms with E-state index in [9.17, 15) is 24.1 Å². The second kappa shape index (κ2) is 7.61. The van der Waals surface area contributed by atoms with Gasteiger partial charge in [-0.2, -0.15) is 0 Å². The number of piperidine rings is 1. The third-order valence-corrected chi connectivity index (χ3v) is 5.09. The highest BCUT2D eigenvalue weighted by Crippen LogP contribution is 2.25. The minimum Gasteiger partial charge on any atom is -0.337 e. The van der Waals surface area contributed by atoms with E-state index in [1.54, 1.807) is 17.0 Å². The number of nitrogens with zero attached hydrogens (tertiary/aromatic N) is 2. The number of amides is 2. The van der Waals surface area contributed by atoms with Gasteiger partial charge in [0.15, 0.2) is 0 Å². The fraction of sp³-hybridized carbons (Fsp3) is 0.294. The molecule has 1 saturated heterocycles. The van der Waals surface area contributed by atoms with Gasteiger partial charge in [0.25, 0.3) is 11.6 Å². The van der Waals surface area contributed by atoms with Crippen molar-refractivity contribution in [2.75, 3.05) is 18.4 Å². The molecule has 1 N–H and O–H groups in total. The molecule has 1 aromatic carbocycles. The van der Waals surface area contributed by atoms with Gasteiger partial charge >= 0.3 is 0 Å². The maximum Gasteiger partial charge on any atom is 0.271 e. The van der Waals surface area contributed by atoms with Crippen LogP contribution in [-0.4, -0.2) is 34.7 Å². The molecule has 3 rings (SSSR count).